The number of carboxylic acid groups (broad SMARTS) is 1. The van der Waals surface area contributed by atoms with Crippen molar-refractivity contribution in [3.63, 3.8) is 0 Å². The molecule has 9 nitrogen and oxygen atoms in total. The van der Waals surface area contributed by atoms with Crippen molar-refractivity contribution in [1.82, 2.24) is 25.9 Å². The van der Waals surface area contributed by atoms with Crippen molar-refractivity contribution >= 4 is 11.9 Å². The zero-order valence-electron chi connectivity index (χ0n) is 15.1. The number of aliphatic carboxylic acids is 1. The van der Waals surface area contributed by atoms with Gasteiger partial charge in [-0.25, -0.2) is 0 Å². The van der Waals surface area contributed by atoms with Crippen LogP contribution in [-0.2, 0) is 11.2 Å². The quantitative estimate of drug-likeness (QED) is 0.541. The van der Waals surface area contributed by atoms with E-state index in [0.717, 1.165) is 22.4 Å². The van der Waals surface area contributed by atoms with Crippen LogP contribution in [0.4, 0.5) is 0 Å². The number of hydrogen-bond donors (Lipinski definition) is 3. The molecule has 1 heterocycles. The Morgan fingerprint density at radius 3 is 2.57 bits per heavy atom. The summed E-state index contributed by atoms with van der Waals surface area (Å²) < 4.78 is 5.39. The highest BCUT2D eigenvalue weighted by molar-refractivity contribution is 5.90. The molecule has 3 N–H and O–H groups in total. The Bertz CT molecular complexity index is 941. The first-order valence-corrected chi connectivity index (χ1v) is 8.55. The van der Waals surface area contributed by atoms with Crippen LogP contribution < -0.4 is 10.1 Å². The lowest BCUT2D eigenvalue weighted by molar-refractivity contribution is -0.137. The standard InChI is InChI=1S/C19H19N5O4/c1-28-16-5-3-2-4-15(16)13-8-6-12(7-9-13)10-14(11-17(25)26)20-19(27)18-21-23-24-22-18/h2-9,14H,10-11H2,1H3,(H,20,27)(H,25,26)(H,21,22,23,24)/t14-/m1/s1. The van der Waals surface area contributed by atoms with Gasteiger partial charge in [0.15, 0.2) is 0 Å². The molecule has 0 bridgehead atoms. The maximum Gasteiger partial charge on any atom is 0.305 e. The van der Waals surface area contributed by atoms with Gasteiger partial charge in [0.25, 0.3) is 11.7 Å². The van der Waals surface area contributed by atoms with E-state index in [1.807, 2.05) is 48.5 Å². The molecule has 3 aromatic rings. The Morgan fingerprint density at radius 1 is 1.18 bits per heavy atom. The van der Waals surface area contributed by atoms with Crippen LogP contribution in [0, 0.1) is 0 Å². The average Bonchev–Trinajstić information content (AvgIpc) is 3.23. The fourth-order valence-electron chi connectivity index (χ4n) is 2.88. The van der Waals surface area contributed by atoms with Crippen LogP contribution >= 0.6 is 0 Å². The number of aromatic amines is 1. The molecule has 1 aromatic heterocycles. The van der Waals surface area contributed by atoms with Gasteiger partial charge in [-0.15, -0.1) is 10.2 Å². The molecule has 9 heteroatoms. The minimum atomic E-state index is -1.01. The molecule has 2 aromatic carbocycles. The Balaban J connectivity index is 1.73. The third-order valence-corrected chi connectivity index (χ3v) is 4.16. The van der Waals surface area contributed by atoms with Crippen molar-refractivity contribution < 1.29 is 19.4 Å². The van der Waals surface area contributed by atoms with E-state index in [1.165, 1.54) is 0 Å². The van der Waals surface area contributed by atoms with E-state index in [-0.39, 0.29) is 12.2 Å². The second-order valence-electron chi connectivity index (χ2n) is 6.10. The fourth-order valence-corrected chi connectivity index (χ4v) is 2.88. The summed E-state index contributed by atoms with van der Waals surface area (Å²) in [7, 11) is 1.62. The zero-order chi connectivity index (χ0) is 19.9. The van der Waals surface area contributed by atoms with E-state index in [9.17, 15) is 9.59 Å². The molecular formula is C19H19N5O4. The summed E-state index contributed by atoms with van der Waals surface area (Å²) in [5.41, 5.74) is 2.83. The van der Waals surface area contributed by atoms with Crippen molar-refractivity contribution in [3.8, 4) is 16.9 Å². The number of nitrogens with zero attached hydrogens (tertiary/aromatic N) is 3. The van der Waals surface area contributed by atoms with E-state index in [1.54, 1.807) is 7.11 Å². The van der Waals surface area contributed by atoms with E-state index < -0.39 is 17.9 Å². The van der Waals surface area contributed by atoms with Gasteiger partial charge in [-0.3, -0.25) is 9.59 Å². The van der Waals surface area contributed by atoms with Gasteiger partial charge in [0.1, 0.15) is 5.75 Å². The molecule has 0 saturated heterocycles. The third-order valence-electron chi connectivity index (χ3n) is 4.16. The minimum Gasteiger partial charge on any atom is -0.496 e. The lowest BCUT2D eigenvalue weighted by Crippen LogP contribution is -2.38. The summed E-state index contributed by atoms with van der Waals surface area (Å²) in [5.74, 6) is -0.956. The topological polar surface area (TPSA) is 130 Å². The van der Waals surface area contributed by atoms with Gasteiger partial charge in [-0.2, -0.15) is 5.21 Å². The van der Waals surface area contributed by atoms with Crippen LogP contribution in [0.3, 0.4) is 0 Å². The highest BCUT2D eigenvalue weighted by Gasteiger charge is 2.20. The van der Waals surface area contributed by atoms with Gasteiger partial charge >= 0.3 is 5.97 Å². The number of carboxylic acids is 1. The molecule has 144 valence electrons. The molecule has 0 unspecified atom stereocenters. The highest BCUT2D eigenvalue weighted by atomic mass is 16.5. The van der Waals surface area contributed by atoms with Gasteiger partial charge in [-0.05, 0) is 28.8 Å². The molecule has 3 rings (SSSR count). The molecule has 0 aliphatic heterocycles. The second kappa shape index (κ2) is 8.76. The second-order valence-corrected chi connectivity index (χ2v) is 6.10. The number of carbonyl (C=O) groups excluding carboxylic acids is 1. The van der Waals surface area contributed by atoms with Crippen LogP contribution in [-0.4, -0.2) is 50.8 Å². The maximum atomic E-state index is 12.1. The van der Waals surface area contributed by atoms with E-state index >= 15 is 0 Å². The van der Waals surface area contributed by atoms with Crippen molar-refractivity contribution in [2.45, 2.75) is 18.9 Å². The fraction of sp³-hybridized carbons (Fsp3) is 0.211. The first kappa shape index (κ1) is 19.0. The van der Waals surface area contributed by atoms with Crippen molar-refractivity contribution in [2.24, 2.45) is 0 Å². The Morgan fingerprint density at radius 2 is 1.93 bits per heavy atom. The number of amides is 1. The largest absolute Gasteiger partial charge is 0.496 e. The molecule has 1 amide bonds. The molecule has 0 fully saturated rings. The van der Waals surface area contributed by atoms with Crippen molar-refractivity contribution in [1.29, 1.82) is 0 Å². The van der Waals surface area contributed by atoms with Crippen LogP contribution in [0.5, 0.6) is 5.75 Å². The predicted octanol–water partition coefficient (Wildman–Crippen LogP) is 1.69. The Kier molecular flexibility index (Phi) is 5.95. The van der Waals surface area contributed by atoms with Gasteiger partial charge in [0, 0.05) is 11.6 Å². The summed E-state index contributed by atoms with van der Waals surface area (Å²) in [6.45, 7) is 0. The van der Waals surface area contributed by atoms with Crippen LogP contribution in [0.1, 0.15) is 22.6 Å². The minimum absolute atomic E-state index is 0.137. The average molecular weight is 381 g/mol. The monoisotopic (exact) mass is 381 g/mol. The van der Waals surface area contributed by atoms with Gasteiger partial charge < -0.3 is 15.2 Å². The van der Waals surface area contributed by atoms with E-state index in [4.69, 9.17) is 9.84 Å². The number of carbonyl (C=O) groups is 2. The predicted molar refractivity (Wildman–Crippen MR) is 99.8 cm³/mol. The molecule has 0 aliphatic rings. The summed E-state index contributed by atoms with van der Waals surface area (Å²) in [6, 6.07) is 14.8. The molecule has 0 radical (unpaired) electrons. The Hall–Kier alpha value is -3.75. The summed E-state index contributed by atoms with van der Waals surface area (Å²) in [5, 5.41) is 24.5. The summed E-state index contributed by atoms with van der Waals surface area (Å²) >= 11 is 0. The summed E-state index contributed by atoms with van der Waals surface area (Å²) in [4.78, 5) is 23.3. The smallest absolute Gasteiger partial charge is 0.305 e. The number of aromatic nitrogens is 4. The summed E-state index contributed by atoms with van der Waals surface area (Å²) in [6.07, 6.45) is 0.125. The first-order chi connectivity index (χ1) is 13.6. The molecular weight excluding hydrogens is 362 g/mol. The number of ether oxygens (including phenoxy) is 1. The van der Waals surface area contributed by atoms with Gasteiger partial charge in [-0.1, -0.05) is 42.5 Å². The molecule has 0 spiro atoms. The number of H-pyrrole nitrogens is 1. The number of benzene rings is 2. The zero-order valence-corrected chi connectivity index (χ0v) is 15.1. The normalized spacial score (nSPS) is 11.6. The third kappa shape index (κ3) is 4.70. The number of hydrogen-bond acceptors (Lipinski definition) is 6. The van der Waals surface area contributed by atoms with Crippen LogP contribution in [0.15, 0.2) is 48.5 Å². The van der Waals surface area contributed by atoms with E-state index in [0.29, 0.717) is 6.42 Å². The number of rotatable bonds is 8. The lowest BCUT2D eigenvalue weighted by Gasteiger charge is -2.16. The molecule has 1 atom stereocenters. The Labute approximate surface area is 160 Å². The number of tetrazole rings is 1. The van der Waals surface area contributed by atoms with Crippen molar-refractivity contribution in [3.05, 3.63) is 59.9 Å². The maximum absolute atomic E-state index is 12.1. The molecule has 0 aliphatic carbocycles. The van der Waals surface area contributed by atoms with Crippen LogP contribution in [0.2, 0.25) is 0 Å². The molecule has 28 heavy (non-hydrogen) atoms. The van der Waals surface area contributed by atoms with E-state index in [2.05, 4.69) is 25.9 Å². The number of para-hydroxylation sites is 1. The van der Waals surface area contributed by atoms with Gasteiger partial charge in [0.2, 0.25) is 0 Å². The van der Waals surface area contributed by atoms with Crippen molar-refractivity contribution in [2.75, 3.05) is 7.11 Å². The highest BCUT2D eigenvalue weighted by Crippen LogP contribution is 2.29. The molecule has 0 saturated carbocycles. The van der Waals surface area contributed by atoms with Crippen LogP contribution in [0.25, 0.3) is 11.1 Å². The lowest BCUT2D eigenvalue weighted by atomic mass is 9.99. The number of nitrogens with one attached hydrogen (secondary N) is 2. The van der Waals surface area contributed by atoms with Gasteiger partial charge in [0.05, 0.1) is 13.5 Å². The number of methoxy groups -OCH3 is 1. The SMILES string of the molecule is COc1ccccc1-c1ccc(C[C@H](CC(=O)O)NC(=O)c2nn[nH]n2)cc1. The first-order valence-electron chi connectivity index (χ1n) is 8.55.